The van der Waals surface area contributed by atoms with Crippen LogP contribution >= 0.6 is 0 Å². The number of anilines is 2. The number of hydrogen-bond donors (Lipinski definition) is 1. The summed E-state index contributed by atoms with van der Waals surface area (Å²) in [6.07, 6.45) is 13.3. The molecular formula is C40H33N3O. The van der Waals surface area contributed by atoms with E-state index in [2.05, 4.69) is 139 Å². The lowest BCUT2D eigenvalue weighted by atomic mass is 9.80. The Bertz CT molecular complexity index is 2120. The van der Waals surface area contributed by atoms with Crippen LogP contribution in [-0.2, 0) is 5.41 Å². The first kappa shape index (κ1) is 25.3. The van der Waals surface area contributed by atoms with Gasteiger partial charge < -0.3 is 14.6 Å². The SMILES string of the molecule is CN1c2c(oc3ccccc23)N2C=C(c3ccc(-c4ccc5c(c4)C(C)(C)c4cc(C6=CCNC=C6)ccc4-5)cc3)C=CC12. The number of allylic oxidation sites excluding steroid dienone is 4. The lowest BCUT2D eigenvalue weighted by Crippen LogP contribution is -2.38. The molecule has 4 heterocycles. The van der Waals surface area contributed by atoms with Crippen molar-refractivity contribution < 1.29 is 4.42 Å². The van der Waals surface area contributed by atoms with Crippen molar-refractivity contribution >= 4 is 33.7 Å². The summed E-state index contributed by atoms with van der Waals surface area (Å²) in [6, 6.07) is 31.2. The van der Waals surface area contributed by atoms with Crippen LogP contribution in [0, 0.1) is 0 Å². The molecule has 4 aromatic carbocycles. The zero-order valence-corrected chi connectivity index (χ0v) is 25.1. The molecule has 0 saturated heterocycles. The van der Waals surface area contributed by atoms with E-state index in [1.54, 1.807) is 0 Å². The van der Waals surface area contributed by atoms with Gasteiger partial charge in [-0.2, -0.15) is 0 Å². The molecule has 0 saturated carbocycles. The Morgan fingerprint density at radius 2 is 1.48 bits per heavy atom. The minimum atomic E-state index is -0.0690. The molecule has 0 amide bonds. The van der Waals surface area contributed by atoms with Gasteiger partial charge in [-0.25, -0.2) is 0 Å². The topological polar surface area (TPSA) is 31.7 Å². The number of fused-ring (bicyclic) bond motifs is 8. The first-order valence-electron chi connectivity index (χ1n) is 15.4. The van der Waals surface area contributed by atoms with Crippen LogP contribution in [0.2, 0.25) is 0 Å². The van der Waals surface area contributed by atoms with Gasteiger partial charge in [0, 0.05) is 30.6 Å². The van der Waals surface area contributed by atoms with Gasteiger partial charge in [-0.3, -0.25) is 4.90 Å². The normalized spacial score (nSPS) is 18.8. The summed E-state index contributed by atoms with van der Waals surface area (Å²) in [6.45, 7) is 5.60. The fraction of sp³-hybridized carbons (Fsp3) is 0.150. The molecule has 1 aromatic heterocycles. The first-order valence-corrected chi connectivity index (χ1v) is 15.4. The molecule has 0 spiro atoms. The van der Waals surface area contributed by atoms with Crippen molar-refractivity contribution in [2.24, 2.45) is 0 Å². The average Bonchev–Trinajstić information content (AvgIpc) is 3.66. The third-order valence-corrected chi connectivity index (χ3v) is 9.93. The second-order valence-corrected chi connectivity index (χ2v) is 12.8. The number of nitrogens with zero attached hydrogens (tertiary/aromatic N) is 2. The third kappa shape index (κ3) is 3.57. The van der Waals surface area contributed by atoms with Gasteiger partial charge in [0.2, 0.25) is 5.88 Å². The molecule has 9 rings (SSSR count). The van der Waals surface area contributed by atoms with E-state index < -0.39 is 0 Å². The van der Waals surface area contributed by atoms with Crippen LogP contribution in [-0.4, -0.2) is 19.8 Å². The number of likely N-dealkylation sites (N-methyl/N-ethyl adjacent to an activating group) is 1. The fourth-order valence-electron chi connectivity index (χ4n) is 7.50. The predicted molar refractivity (Wildman–Crippen MR) is 183 cm³/mol. The summed E-state index contributed by atoms with van der Waals surface area (Å²) in [5, 5.41) is 4.42. The Morgan fingerprint density at radius 3 is 2.25 bits per heavy atom. The predicted octanol–water partition coefficient (Wildman–Crippen LogP) is 9.10. The van der Waals surface area contributed by atoms with E-state index in [1.165, 1.54) is 55.7 Å². The van der Waals surface area contributed by atoms with Gasteiger partial charge in [-0.1, -0.05) is 86.7 Å². The van der Waals surface area contributed by atoms with Crippen LogP contribution in [0.25, 0.3) is 44.4 Å². The Hall–Kier alpha value is -5.22. The number of furan rings is 1. The van der Waals surface area contributed by atoms with E-state index in [9.17, 15) is 0 Å². The minimum absolute atomic E-state index is 0.0690. The highest BCUT2D eigenvalue weighted by Gasteiger charge is 2.38. The summed E-state index contributed by atoms with van der Waals surface area (Å²) in [4.78, 5) is 4.55. The molecule has 3 aliphatic heterocycles. The van der Waals surface area contributed by atoms with E-state index in [-0.39, 0.29) is 11.6 Å². The van der Waals surface area contributed by atoms with Gasteiger partial charge in [0.05, 0.1) is 0 Å². The quantitative estimate of drug-likeness (QED) is 0.234. The largest absolute Gasteiger partial charge is 0.438 e. The lowest BCUT2D eigenvalue weighted by molar-refractivity contribution is 0.604. The highest BCUT2D eigenvalue weighted by atomic mass is 16.4. The maximum absolute atomic E-state index is 6.32. The molecule has 44 heavy (non-hydrogen) atoms. The van der Waals surface area contributed by atoms with Gasteiger partial charge in [-0.05, 0) is 98.3 Å². The van der Waals surface area contributed by atoms with Crippen LogP contribution in [0.5, 0.6) is 0 Å². The average molecular weight is 572 g/mol. The van der Waals surface area contributed by atoms with Crippen molar-refractivity contribution in [1.82, 2.24) is 5.32 Å². The molecule has 1 aliphatic carbocycles. The van der Waals surface area contributed by atoms with Gasteiger partial charge in [0.1, 0.15) is 17.4 Å². The molecule has 0 fully saturated rings. The summed E-state index contributed by atoms with van der Waals surface area (Å²) in [7, 11) is 2.14. The van der Waals surface area contributed by atoms with Gasteiger partial charge in [-0.15, -0.1) is 0 Å². The molecule has 1 atom stereocenters. The van der Waals surface area contributed by atoms with Gasteiger partial charge >= 0.3 is 0 Å². The van der Waals surface area contributed by atoms with Crippen molar-refractivity contribution in [2.45, 2.75) is 25.4 Å². The van der Waals surface area contributed by atoms with E-state index >= 15 is 0 Å². The number of benzene rings is 4. The smallest absolute Gasteiger partial charge is 0.226 e. The van der Waals surface area contributed by atoms with E-state index in [0.717, 1.165) is 29.1 Å². The van der Waals surface area contributed by atoms with Crippen LogP contribution < -0.4 is 15.1 Å². The molecule has 1 unspecified atom stereocenters. The van der Waals surface area contributed by atoms with Crippen molar-refractivity contribution in [1.29, 1.82) is 0 Å². The Morgan fingerprint density at radius 1 is 0.773 bits per heavy atom. The molecule has 214 valence electrons. The minimum Gasteiger partial charge on any atom is -0.438 e. The fourth-order valence-corrected chi connectivity index (χ4v) is 7.50. The molecule has 5 aromatic rings. The highest BCUT2D eigenvalue weighted by Crippen LogP contribution is 2.51. The maximum atomic E-state index is 6.32. The van der Waals surface area contributed by atoms with Gasteiger partial charge in [0.15, 0.2) is 0 Å². The van der Waals surface area contributed by atoms with Crippen LogP contribution in [0.1, 0.15) is 36.1 Å². The number of para-hydroxylation sites is 1. The lowest BCUT2D eigenvalue weighted by Gasteiger charge is -2.29. The number of dihydropyridines is 1. The van der Waals surface area contributed by atoms with Crippen molar-refractivity contribution in [3.8, 4) is 22.3 Å². The van der Waals surface area contributed by atoms with Crippen molar-refractivity contribution in [2.75, 3.05) is 23.4 Å². The van der Waals surface area contributed by atoms with Crippen LogP contribution in [0.15, 0.2) is 126 Å². The molecular weight excluding hydrogens is 538 g/mol. The van der Waals surface area contributed by atoms with E-state index in [0.29, 0.717) is 0 Å². The Kier molecular flexibility index (Phi) is 5.25. The van der Waals surface area contributed by atoms with Crippen molar-refractivity contribution in [3.63, 3.8) is 0 Å². The molecule has 0 bridgehead atoms. The number of nitrogens with one attached hydrogen (secondary N) is 1. The van der Waals surface area contributed by atoms with E-state index in [4.69, 9.17) is 4.42 Å². The zero-order chi connectivity index (χ0) is 29.6. The molecule has 4 aliphatic rings. The second-order valence-electron chi connectivity index (χ2n) is 12.8. The Labute approximate surface area is 257 Å². The highest BCUT2D eigenvalue weighted by molar-refractivity contribution is 6.01. The zero-order valence-electron chi connectivity index (χ0n) is 25.1. The van der Waals surface area contributed by atoms with E-state index in [1.807, 2.05) is 18.3 Å². The first-order chi connectivity index (χ1) is 21.5. The standard InChI is InChI=1S/C40H33N3O/c1-40(2)34-22-28(12-15-31(34)32-16-13-29(23-35(32)40)27-18-20-41-21-19-27)25-8-10-26(11-9-25)30-14-17-37-42(3)38-33-6-4-5-7-36(33)44-39(38)43(37)24-30/h4-20,22-24,37,41H,21H2,1-3H3. The third-order valence-electron chi connectivity index (χ3n) is 9.93. The number of hydrogen-bond acceptors (Lipinski definition) is 4. The molecule has 4 heteroatoms. The maximum Gasteiger partial charge on any atom is 0.226 e. The number of rotatable bonds is 3. The summed E-state index contributed by atoms with van der Waals surface area (Å²) < 4.78 is 6.32. The Balaban J connectivity index is 1.02. The molecule has 4 nitrogen and oxygen atoms in total. The monoisotopic (exact) mass is 571 g/mol. The summed E-state index contributed by atoms with van der Waals surface area (Å²) in [5.41, 5.74) is 14.9. The summed E-state index contributed by atoms with van der Waals surface area (Å²) >= 11 is 0. The van der Waals surface area contributed by atoms with Gasteiger partial charge in [0.25, 0.3) is 0 Å². The summed E-state index contributed by atoms with van der Waals surface area (Å²) in [5.74, 6) is 0.912. The van der Waals surface area contributed by atoms with Crippen molar-refractivity contribution in [3.05, 3.63) is 144 Å². The molecule has 1 N–H and O–H groups in total. The molecule has 0 radical (unpaired) electrons. The second kappa shape index (κ2) is 9.14. The van der Waals surface area contributed by atoms with Crippen LogP contribution in [0.4, 0.5) is 11.6 Å². The van der Waals surface area contributed by atoms with Crippen LogP contribution in [0.3, 0.4) is 0 Å².